The molecule has 0 saturated heterocycles. The van der Waals surface area contributed by atoms with E-state index in [2.05, 4.69) is 4.98 Å². The molecule has 0 fully saturated rings. The monoisotopic (exact) mass is 233 g/mol. The third-order valence-electron chi connectivity index (χ3n) is 2.70. The molecule has 0 aliphatic heterocycles. The fourth-order valence-electron chi connectivity index (χ4n) is 1.82. The highest BCUT2D eigenvalue weighted by molar-refractivity contribution is 5.91. The van der Waals surface area contributed by atoms with Crippen LogP contribution >= 0.6 is 0 Å². The van der Waals surface area contributed by atoms with Gasteiger partial charge in [0.25, 0.3) is 5.65 Å². The van der Waals surface area contributed by atoms with Gasteiger partial charge in [-0.25, -0.2) is 14.3 Å². The Labute approximate surface area is 97.3 Å². The largest absolute Gasteiger partial charge is 0.477 e. The van der Waals surface area contributed by atoms with E-state index in [-0.39, 0.29) is 5.56 Å². The van der Waals surface area contributed by atoms with Crippen molar-refractivity contribution in [2.24, 2.45) is 0 Å². The number of carboxylic acids is 1. The van der Waals surface area contributed by atoms with Crippen LogP contribution in [0.3, 0.4) is 0 Å². The Balaban J connectivity index is 2.95. The van der Waals surface area contributed by atoms with Crippen LogP contribution in [0.2, 0.25) is 0 Å². The van der Waals surface area contributed by atoms with Gasteiger partial charge in [0, 0.05) is 0 Å². The number of carboxylic acid groups (broad SMARTS) is 1. The van der Waals surface area contributed by atoms with Gasteiger partial charge in [0.15, 0.2) is 0 Å². The Hall–Kier alpha value is -2.17. The highest BCUT2D eigenvalue weighted by Crippen LogP contribution is 2.07. The summed E-state index contributed by atoms with van der Waals surface area (Å²) < 4.78 is 1.73. The summed E-state index contributed by atoms with van der Waals surface area (Å²) in [7, 11) is 0. The minimum atomic E-state index is -1.19. The first-order valence-corrected chi connectivity index (χ1v) is 5.34. The molecule has 0 aliphatic carbocycles. The van der Waals surface area contributed by atoms with Crippen LogP contribution in [-0.2, 0) is 6.54 Å². The van der Waals surface area contributed by atoms with E-state index in [0.717, 1.165) is 5.69 Å². The lowest BCUT2D eigenvalue weighted by Crippen LogP contribution is -2.24. The van der Waals surface area contributed by atoms with Crippen molar-refractivity contribution in [1.29, 1.82) is 0 Å². The Morgan fingerprint density at radius 3 is 2.76 bits per heavy atom. The molecule has 0 aromatic carbocycles. The number of rotatable bonds is 2. The zero-order valence-corrected chi connectivity index (χ0v) is 9.65. The van der Waals surface area contributed by atoms with Gasteiger partial charge in [-0.2, -0.15) is 0 Å². The highest BCUT2D eigenvalue weighted by atomic mass is 16.4. The maximum absolute atomic E-state index is 11.9. The predicted octanol–water partition coefficient (Wildman–Crippen LogP) is 0.842. The van der Waals surface area contributed by atoms with Crippen LogP contribution in [0.4, 0.5) is 0 Å². The van der Waals surface area contributed by atoms with Crippen LogP contribution in [0.25, 0.3) is 11.0 Å². The van der Waals surface area contributed by atoms with Crippen molar-refractivity contribution in [2.45, 2.75) is 20.4 Å². The molecule has 5 nitrogen and oxygen atoms in total. The summed E-state index contributed by atoms with van der Waals surface area (Å²) >= 11 is 0. The molecule has 2 heterocycles. The molecule has 2 rings (SSSR count). The summed E-state index contributed by atoms with van der Waals surface area (Å²) in [6.07, 6.45) is 1.38. The normalized spacial score (nSPS) is 10.7. The van der Waals surface area contributed by atoms with Crippen LogP contribution in [0.15, 0.2) is 23.1 Å². The molecule has 0 radical (unpaired) electrons. The summed E-state index contributed by atoms with van der Waals surface area (Å²) in [6.45, 7) is 4.37. The highest BCUT2D eigenvalue weighted by Gasteiger charge is 2.18. The van der Waals surface area contributed by atoms with Gasteiger partial charge in [-0.05, 0) is 26.0 Å². The van der Waals surface area contributed by atoms with Crippen molar-refractivity contribution in [3.05, 3.63) is 39.8 Å². The third-order valence-corrected chi connectivity index (χ3v) is 2.70. The number of hydrogen-bond acceptors (Lipinski definition) is 2. The van der Waals surface area contributed by atoms with E-state index in [0.29, 0.717) is 17.6 Å². The van der Waals surface area contributed by atoms with Gasteiger partial charge >= 0.3 is 5.97 Å². The maximum Gasteiger partial charge on any atom is 0.343 e. The zero-order valence-electron chi connectivity index (χ0n) is 9.65. The summed E-state index contributed by atoms with van der Waals surface area (Å²) in [5.74, 6) is -1.19. The van der Waals surface area contributed by atoms with Crippen LogP contribution in [0.1, 0.15) is 23.0 Å². The van der Waals surface area contributed by atoms with Crippen molar-refractivity contribution < 1.29 is 14.9 Å². The molecule has 88 valence electrons. The molecule has 0 bridgehead atoms. The molecule has 0 spiro atoms. The second-order valence-electron chi connectivity index (χ2n) is 3.87. The smallest absolute Gasteiger partial charge is 0.343 e. The molecule has 0 atom stereocenters. The Morgan fingerprint density at radius 1 is 1.47 bits per heavy atom. The molecule has 17 heavy (non-hydrogen) atoms. The van der Waals surface area contributed by atoms with Gasteiger partial charge in [-0.15, -0.1) is 0 Å². The van der Waals surface area contributed by atoms with Gasteiger partial charge in [-0.1, -0.05) is 0 Å². The number of hydrogen-bond donors (Lipinski definition) is 1. The number of pyridine rings is 2. The topological polar surface area (TPSA) is 73.4 Å². The van der Waals surface area contributed by atoms with Gasteiger partial charge in [0.2, 0.25) is 5.43 Å². The van der Waals surface area contributed by atoms with E-state index in [1.165, 1.54) is 6.20 Å². The Morgan fingerprint density at radius 2 is 2.18 bits per heavy atom. The molecule has 5 heteroatoms. The molecule has 2 N–H and O–H groups in total. The van der Waals surface area contributed by atoms with Crippen molar-refractivity contribution in [1.82, 2.24) is 4.57 Å². The number of nitrogens with one attached hydrogen (secondary N) is 1. The second-order valence-corrected chi connectivity index (χ2v) is 3.87. The number of carbonyl (C=O) groups is 1. The SMILES string of the molecule is CCn1cc(C(=O)O)c(=O)c2ccc(C)[nH+]c21. The number of nitrogens with zero attached hydrogens (tertiary/aromatic N) is 1. The summed E-state index contributed by atoms with van der Waals surface area (Å²) in [5, 5.41) is 9.38. The number of aromatic amines is 1. The molecule has 2 aromatic rings. The lowest BCUT2D eigenvalue weighted by atomic mass is 10.2. The predicted molar refractivity (Wildman–Crippen MR) is 62.1 cm³/mol. The fourth-order valence-corrected chi connectivity index (χ4v) is 1.82. The van der Waals surface area contributed by atoms with E-state index in [4.69, 9.17) is 5.11 Å². The van der Waals surface area contributed by atoms with E-state index in [1.54, 1.807) is 16.7 Å². The maximum atomic E-state index is 11.9. The third kappa shape index (κ3) is 1.80. The molecule has 0 amide bonds. The lowest BCUT2D eigenvalue weighted by molar-refractivity contribution is -0.359. The van der Waals surface area contributed by atoms with E-state index in [9.17, 15) is 9.59 Å². The minimum absolute atomic E-state index is 0.198. The van der Waals surface area contributed by atoms with Crippen LogP contribution in [0.5, 0.6) is 0 Å². The Kier molecular flexibility index (Phi) is 2.67. The van der Waals surface area contributed by atoms with Gasteiger partial charge in [-0.3, -0.25) is 4.79 Å². The van der Waals surface area contributed by atoms with Gasteiger partial charge < -0.3 is 5.11 Å². The number of H-pyrrole nitrogens is 1. The van der Waals surface area contributed by atoms with Crippen molar-refractivity contribution in [2.75, 3.05) is 0 Å². The minimum Gasteiger partial charge on any atom is -0.477 e. The first-order valence-electron chi connectivity index (χ1n) is 5.34. The molecular weight excluding hydrogens is 220 g/mol. The first kappa shape index (κ1) is 11.3. The average molecular weight is 233 g/mol. The van der Waals surface area contributed by atoms with Crippen LogP contribution < -0.4 is 10.4 Å². The first-order chi connectivity index (χ1) is 8.04. The van der Waals surface area contributed by atoms with Crippen molar-refractivity contribution in [3.8, 4) is 0 Å². The van der Waals surface area contributed by atoms with E-state index < -0.39 is 11.4 Å². The fraction of sp³-hybridized carbons (Fsp3) is 0.250. The molecule has 2 aromatic heterocycles. The van der Waals surface area contributed by atoms with Gasteiger partial charge in [0.05, 0.1) is 12.2 Å². The van der Waals surface area contributed by atoms with Crippen molar-refractivity contribution >= 4 is 17.0 Å². The quantitative estimate of drug-likeness (QED) is 0.835. The van der Waals surface area contributed by atoms with Crippen LogP contribution in [-0.4, -0.2) is 15.6 Å². The standard InChI is InChI=1S/C12H12N2O3/c1-3-14-6-9(12(16)17)10(15)8-5-4-7(2)13-11(8)14/h4-6H,3H2,1-2H3,(H,16,17)/p+1. The van der Waals surface area contributed by atoms with Crippen LogP contribution in [0, 0.1) is 6.92 Å². The zero-order chi connectivity index (χ0) is 12.6. The summed E-state index contributed by atoms with van der Waals surface area (Å²) in [4.78, 5) is 26.0. The number of fused-ring (bicyclic) bond motifs is 1. The number of aromatic nitrogens is 2. The number of aryl methyl sites for hydroxylation is 2. The number of aromatic carboxylic acids is 1. The second kappa shape index (κ2) is 4.01. The molecule has 0 aliphatic rings. The summed E-state index contributed by atoms with van der Waals surface area (Å²) in [5.41, 5.74) is 0.926. The molecular formula is C12H13N2O3+. The lowest BCUT2D eigenvalue weighted by Gasteiger charge is -2.03. The Bertz CT molecular complexity index is 659. The van der Waals surface area contributed by atoms with E-state index in [1.807, 2.05) is 13.8 Å². The average Bonchev–Trinajstić information content (AvgIpc) is 2.29. The van der Waals surface area contributed by atoms with E-state index >= 15 is 0 Å². The van der Waals surface area contributed by atoms with Crippen molar-refractivity contribution in [3.63, 3.8) is 0 Å². The summed E-state index contributed by atoms with van der Waals surface area (Å²) in [6, 6.07) is 3.41. The van der Waals surface area contributed by atoms with Gasteiger partial charge in [0.1, 0.15) is 17.1 Å². The molecule has 0 unspecified atom stereocenters. The molecule has 0 saturated carbocycles.